The van der Waals surface area contributed by atoms with Crippen molar-refractivity contribution in [2.75, 3.05) is 14.1 Å². The Kier molecular flexibility index (Phi) is 6.50. The van der Waals surface area contributed by atoms with E-state index >= 15 is 4.39 Å². The van der Waals surface area contributed by atoms with Crippen LogP contribution in [-0.2, 0) is 28.2 Å². The molecule has 1 aliphatic carbocycles. The summed E-state index contributed by atoms with van der Waals surface area (Å²) in [5.41, 5.74) is -4.89. The van der Waals surface area contributed by atoms with Crippen LogP contribution in [-0.4, -0.2) is 57.0 Å². The number of aromatic nitrogens is 2. The van der Waals surface area contributed by atoms with E-state index in [2.05, 4.69) is 15.6 Å². The summed E-state index contributed by atoms with van der Waals surface area (Å²) in [5, 5.41) is 15.3. The van der Waals surface area contributed by atoms with Crippen molar-refractivity contribution in [2.24, 2.45) is 0 Å². The van der Waals surface area contributed by atoms with E-state index in [1.165, 1.54) is 32.3 Å². The number of nitrogens with one attached hydrogen (secondary N) is 2. The number of benzene rings is 1. The van der Waals surface area contributed by atoms with Crippen LogP contribution in [0.15, 0.2) is 23.0 Å². The number of amides is 3. The second-order valence-corrected chi connectivity index (χ2v) is 9.71. The molecule has 1 aromatic carbocycles. The molecule has 3 N–H and O–H groups in total. The molecule has 192 valence electrons. The number of rotatable bonds is 4. The molecule has 2 aromatic rings. The standard InChI is InChI=1S/C23H24ClF2N5O5/c1-30(2)20(36)18(34)29-23-8-6-22(26,7-9-23)11-31-19(35)16(32)15(28-21(23)31)17(33)27-10-12-4-3-5-13(24)14(12)25/h3-5,32H,6-11H2,1-2H3,(H,27,33)(H,29,34). The minimum atomic E-state index is -1.79. The van der Waals surface area contributed by atoms with E-state index in [1.54, 1.807) is 0 Å². The monoisotopic (exact) mass is 523 g/mol. The van der Waals surface area contributed by atoms with Crippen molar-refractivity contribution >= 4 is 29.3 Å². The van der Waals surface area contributed by atoms with Crippen molar-refractivity contribution < 1.29 is 28.3 Å². The Hall–Kier alpha value is -3.54. The van der Waals surface area contributed by atoms with Gasteiger partial charge in [0.05, 0.1) is 17.1 Å². The van der Waals surface area contributed by atoms with Gasteiger partial charge in [0.25, 0.3) is 11.5 Å². The van der Waals surface area contributed by atoms with Crippen LogP contribution in [0.5, 0.6) is 5.75 Å². The Morgan fingerprint density at radius 3 is 2.53 bits per heavy atom. The molecule has 0 unspecified atom stereocenters. The summed E-state index contributed by atoms with van der Waals surface area (Å²) in [6.07, 6.45) is -0.0466. The van der Waals surface area contributed by atoms with Crippen molar-refractivity contribution in [1.29, 1.82) is 0 Å². The maximum atomic E-state index is 15.4. The summed E-state index contributed by atoms with van der Waals surface area (Å²) in [6, 6.07) is 4.22. The summed E-state index contributed by atoms with van der Waals surface area (Å²) in [7, 11) is 2.78. The van der Waals surface area contributed by atoms with Gasteiger partial charge in [-0.3, -0.25) is 23.7 Å². The zero-order chi connectivity index (χ0) is 26.4. The average molecular weight is 524 g/mol. The number of carbonyl (C=O) groups excluding carboxylic acids is 3. The van der Waals surface area contributed by atoms with Gasteiger partial charge in [0, 0.05) is 26.2 Å². The number of nitrogens with zero attached hydrogens (tertiary/aromatic N) is 3. The third-order valence-electron chi connectivity index (χ3n) is 6.65. The molecule has 3 heterocycles. The third kappa shape index (κ3) is 4.41. The van der Waals surface area contributed by atoms with Gasteiger partial charge in [-0.1, -0.05) is 23.7 Å². The van der Waals surface area contributed by atoms with E-state index in [0.717, 1.165) is 9.47 Å². The van der Waals surface area contributed by atoms with Gasteiger partial charge in [-0.2, -0.15) is 0 Å². The van der Waals surface area contributed by atoms with Crippen molar-refractivity contribution in [2.45, 2.75) is 50.0 Å². The van der Waals surface area contributed by atoms with Gasteiger partial charge in [-0.25, -0.2) is 13.8 Å². The summed E-state index contributed by atoms with van der Waals surface area (Å²) in [4.78, 5) is 56.1. The molecule has 5 rings (SSSR count). The number of likely N-dealkylation sites (N-methyl/N-ethyl adjacent to an activating group) is 1. The molecule has 0 spiro atoms. The molecule has 0 radical (unpaired) electrons. The second-order valence-electron chi connectivity index (χ2n) is 9.31. The lowest BCUT2D eigenvalue weighted by atomic mass is 9.76. The van der Waals surface area contributed by atoms with E-state index in [1.807, 2.05) is 0 Å². The Balaban J connectivity index is 1.74. The fraction of sp³-hybridized carbons (Fsp3) is 0.435. The Morgan fingerprint density at radius 1 is 1.22 bits per heavy atom. The first-order valence-corrected chi connectivity index (χ1v) is 11.5. The van der Waals surface area contributed by atoms with Crippen LogP contribution < -0.4 is 16.2 Å². The summed E-state index contributed by atoms with van der Waals surface area (Å²) in [5.74, 6) is -4.73. The predicted molar refractivity (Wildman–Crippen MR) is 124 cm³/mol. The van der Waals surface area contributed by atoms with Gasteiger partial charge >= 0.3 is 11.8 Å². The van der Waals surface area contributed by atoms with Gasteiger partial charge in [-0.05, 0) is 31.7 Å². The Bertz CT molecular complexity index is 1320. The van der Waals surface area contributed by atoms with Crippen LogP contribution in [0, 0.1) is 5.82 Å². The first-order valence-electron chi connectivity index (χ1n) is 11.2. The molecule has 0 atom stereocenters. The molecular weight excluding hydrogens is 500 g/mol. The zero-order valence-corrected chi connectivity index (χ0v) is 20.3. The van der Waals surface area contributed by atoms with Crippen LogP contribution in [0.2, 0.25) is 5.02 Å². The molecule has 1 fully saturated rings. The quantitative estimate of drug-likeness (QED) is 0.518. The Labute approximate surface area is 209 Å². The van der Waals surface area contributed by atoms with Gasteiger partial charge in [0.1, 0.15) is 17.3 Å². The molecule has 1 aromatic heterocycles. The lowest BCUT2D eigenvalue weighted by molar-refractivity contribution is -0.145. The van der Waals surface area contributed by atoms with Crippen LogP contribution in [0.25, 0.3) is 0 Å². The predicted octanol–water partition coefficient (Wildman–Crippen LogP) is 1.37. The normalized spacial score (nSPS) is 22.4. The SMILES string of the molecule is CN(C)C(=O)C(=O)NC12CCC(F)(CC1)Cn1c2nc(C(=O)NCc2cccc(Cl)c2F)c(O)c1=O. The molecule has 0 saturated heterocycles. The van der Waals surface area contributed by atoms with E-state index in [0.29, 0.717) is 0 Å². The summed E-state index contributed by atoms with van der Waals surface area (Å²) >= 11 is 5.76. The highest BCUT2D eigenvalue weighted by atomic mass is 35.5. The first kappa shape index (κ1) is 25.5. The lowest BCUT2D eigenvalue weighted by Gasteiger charge is -2.38. The van der Waals surface area contributed by atoms with Gasteiger partial charge in [-0.15, -0.1) is 0 Å². The molecule has 3 amide bonds. The largest absolute Gasteiger partial charge is 0.501 e. The number of hydrogen-bond donors (Lipinski definition) is 3. The van der Waals surface area contributed by atoms with E-state index in [9.17, 15) is 28.7 Å². The summed E-state index contributed by atoms with van der Waals surface area (Å²) < 4.78 is 30.5. The number of hydrogen-bond acceptors (Lipinski definition) is 6. The van der Waals surface area contributed by atoms with Gasteiger partial charge < -0.3 is 20.6 Å². The van der Waals surface area contributed by atoms with Crippen LogP contribution in [0.1, 0.15) is 47.6 Å². The minimum Gasteiger partial charge on any atom is -0.501 e. The highest BCUT2D eigenvalue weighted by molar-refractivity contribution is 6.35. The molecule has 36 heavy (non-hydrogen) atoms. The number of fused-ring (bicyclic) bond motifs is 2. The molecular formula is C23H24ClF2N5O5. The molecule has 3 aliphatic rings. The maximum absolute atomic E-state index is 15.4. The average Bonchev–Trinajstić information content (AvgIpc) is 3.03. The molecule has 13 heteroatoms. The maximum Gasteiger partial charge on any atom is 0.311 e. The van der Waals surface area contributed by atoms with Crippen molar-refractivity contribution in [3.05, 3.63) is 56.5 Å². The third-order valence-corrected chi connectivity index (χ3v) is 6.95. The van der Waals surface area contributed by atoms with Crippen molar-refractivity contribution in [1.82, 2.24) is 25.1 Å². The number of alkyl halides is 1. The molecule has 2 aliphatic heterocycles. The van der Waals surface area contributed by atoms with Gasteiger partial charge in [0.15, 0.2) is 5.69 Å². The van der Waals surface area contributed by atoms with Crippen LogP contribution >= 0.6 is 11.6 Å². The highest BCUT2D eigenvalue weighted by Gasteiger charge is 2.52. The van der Waals surface area contributed by atoms with Crippen molar-refractivity contribution in [3.63, 3.8) is 0 Å². The number of carbonyl (C=O) groups is 3. The van der Waals surface area contributed by atoms with Crippen LogP contribution in [0.3, 0.4) is 0 Å². The molecule has 2 bridgehead atoms. The topological polar surface area (TPSA) is 134 Å². The fourth-order valence-corrected chi connectivity index (χ4v) is 4.80. The minimum absolute atomic E-state index is 0.0158. The van der Waals surface area contributed by atoms with Crippen LogP contribution in [0.4, 0.5) is 8.78 Å². The number of halogens is 3. The van der Waals surface area contributed by atoms with Gasteiger partial charge in [0.2, 0.25) is 5.75 Å². The first-order chi connectivity index (χ1) is 16.9. The summed E-state index contributed by atoms with van der Waals surface area (Å²) in [6.45, 7) is -0.756. The Morgan fingerprint density at radius 2 is 1.89 bits per heavy atom. The van der Waals surface area contributed by atoms with E-state index < -0.39 is 58.3 Å². The lowest BCUT2D eigenvalue weighted by Crippen LogP contribution is -2.54. The highest BCUT2D eigenvalue weighted by Crippen LogP contribution is 2.46. The fourth-order valence-electron chi connectivity index (χ4n) is 4.60. The second kappa shape index (κ2) is 9.16. The smallest absolute Gasteiger partial charge is 0.311 e. The van der Waals surface area contributed by atoms with Crippen molar-refractivity contribution in [3.8, 4) is 5.75 Å². The van der Waals surface area contributed by atoms with E-state index in [-0.39, 0.29) is 48.6 Å². The molecule has 1 saturated carbocycles. The molecule has 10 nitrogen and oxygen atoms in total. The van der Waals surface area contributed by atoms with E-state index in [4.69, 9.17) is 11.6 Å². The zero-order valence-electron chi connectivity index (χ0n) is 19.5. The number of aromatic hydroxyl groups is 1.